The van der Waals surface area contributed by atoms with Gasteiger partial charge < -0.3 is 8.98 Å². The molecular formula is C12H9BrN2O. The van der Waals surface area contributed by atoms with Crippen molar-refractivity contribution in [3.63, 3.8) is 0 Å². The molecule has 0 saturated heterocycles. The minimum atomic E-state index is 0.787. The molecule has 2 heterocycles. The Balaban J connectivity index is 2.31. The molecule has 3 aromatic rings. The zero-order valence-electron chi connectivity index (χ0n) is 8.64. The van der Waals surface area contributed by atoms with E-state index < -0.39 is 0 Å². The first-order valence-corrected chi connectivity index (χ1v) is 5.71. The quantitative estimate of drug-likeness (QED) is 0.680. The summed E-state index contributed by atoms with van der Waals surface area (Å²) >= 11 is 3.44. The molecule has 0 fully saturated rings. The summed E-state index contributed by atoms with van der Waals surface area (Å²) in [6.45, 7) is 0. The molecule has 0 aliphatic carbocycles. The average Bonchev–Trinajstić information content (AvgIpc) is 2.86. The maximum absolute atomic E-state index is 5.37. The monoisotopic (exact) mass is 276 g/mol. The van der Waals surface area contributed by atoms with Gasteiger partial charge in [-0.2, -0.15) is 0 Å². The molecule has 0 bridgehead atoms. The molecule has 80 valence electrons. The number of fused-ring (bicyclic) bond motifs is 1. The molecular weight excluding hydrogens is 268 g/mol. The van der Waals surface area contributed by atoms with Crippen LogP contribution in [0.3, 0.4) is 0 Å². The third-order valence-corrected chi connectivity index (χ3v) is 3.08. The number of nitrogens with zero attached hydrogens (tertiary/aromatic N) is 2. The predicted molar refractivity (Wildman–Crippen MR) is 66.1 cm³/mol. The van der Waals surface area contributed by atoms with Gasteiger partial charge in [0.2, 0.25) is 0 Å². The van der Waals surface area contributed by atoms with Gasteiger partial charge in [-0.25, -0.2) is 4.98 Å². The average molecular weight is 277 g/mol. The Morgan fingerprint density at radius 1 is 1.31 bits per heavy atom. The highest BCUT2D eigenvalue weighted by Gasteiger charge is 2.11. The van der Waals surface area contributed by atoms with Gasteiger partial charge in [-0.3, -0.25) is 0 Å². The Labute approximate surface area is 101 Å². The molecule has 0 radical (unpaired) electrons. The van der Waals surface area contributed by atoms with Gasteiger partial charge in [-0.15, -0.1) is 0 Å². The van der Waals surface area contributed by atoms with Gasteiger partial charge in [-0.05, 0) is 30.3 Å². The fraction of sp³-hybridized carbons (Fsp3) is 0.0833. The van der Waals surface area contributed by atoms with Crippen LogP contribution in [0.1, 0.15) is 0 Å². The SMILES string of the molecule is Cn1c(-c2ccco2)nc2cc(Br)ccc21. The van der Waals surface area contributed by atoms with E-state index in [-0.39, 0.29) is 0 Å². The smallest absolute Gasteiger partial charge is 0.176 e. The molecule has 0 N–H and O–H groups in total. The molecule has 0 amide bonds. The zero-order valence-corrected chi connectivity index (χ0v) is 10.2. The second kappa shape index (κ2) is 3.49. The summed E-state index contributed by atoms with van der Waals surface area (Å²) in [6, 6.07) is 9.83. The van der Waals surface area contributed by atoms with Crippen LogP contribution in [0.15, 0.2) is 45.5 Å². The normalized spacial score (nSPS) is 11.1. The van der Waals surface area contributed by atoms with Gasteiger partial charge in [0.05, 0.1) is 17.3 Å². The number of halogens is 1. The van der Waals surface area contributed by atoms with Crippen molar-refractivity contribution < 1.29 is 4.42 Å². The summed E-state index contributed by atoms with van der Waals surface area (Å²) < 4.78 is 8.43. The van der Waals surface area contributed by atoms with Crippen LogP contribution in [0.4, 0.5) is 0 Å². The lowest BCUT2D eigenvalue weighted by Gasteiger charge is -1.98. The number of hydrogen-bond donors (Lipinski definition) is 0. The number of hydrogen-bond acceptors (Lipinski definition) is 2. The molecule has 0 spiro atoms. The molecule has 1 aromatic carbocycles. The van der Waals surface area contributed by atoms with Crippen molar-refractivity contribution in [2.75, 3.05) is 0 Å². The Morgan fingerprint density at radius 2 is 2.19 bits per heavy atom. The lowest BCUT2D eigenvalue weighted by atomic mass is 10.3. The topological polar surface area (TPSA) is 31.0 Å². The van der Waals surface area contributed by atoms with Crippen LogP contribution in [0.25, 0.3) is 22.6 Å². The number of aromatic nitrogens is 2. The van der Waals surface area contributed by atoms with Crippen LogP contribution in [0.5, 0.6) is 0 Å². The van der Waals surface area contributed by atoms with Crippen molar-refractivity contribution in [2.45, 2.75) is 0 Å². The van der Waals surface area contributed by atoms with Crippen LogP contribution in [-0.4, -0.2) is 9.55 Å². The molecule has 0 aliphatic heterocycles. The molecule has 3 rings (SSSR count). The van der Waals surface area contributed by atoms with Crippen molar-refractivity contribution in [3.8, 4) is 11.6 Å². The summed E-state index contributed by atoms with van der Waals surface area (Å²) in [5.41, 5.74) is 2.05. The Kier molecular flexibility index (Phi) is 2.11. The molecule has 4 heteroatoms. The fourth-order valence-corrected chi connectivity index (χ4v) is 2.15. The minimum absolute atomic E-state index is 0.787. The van der Waals surface area contributed by atoms with Gasteiger partial charge in [0.1, 0.15) is 0 Å². The number of benzene rings is 1. The lowest BCUT2D eigenvalue weighted by Crippen LogP contribution is -1.90. The highest BCUT2D eigenvalue weighted by Crippen LogP contribution is 2.25. The maximum atomic E-state index is 5.37. The molecule has 3 nitrogen and oxygen atoms in total. The van der Waals surface area contributed by atoms with E-state index in [0.717, 1.165) is 27.1 Å². The van der Waals surface area contributed by atoms with Crippen LogP contribution in [0.2, 0.25) is 0 Å². The Bertz CT molecular complexity index is 640. The van der Waals surface area contributed by atoms with Crippen LogP contribution >= 0.6 is 15.9 Å². The van der Waals surface area contributed by atoms with E-state index in [1.165, 1.54) is 0 Å². The number of rotatable bonds is 1. The van der Waals surface area contributed by atoms with E-state index >= 15 is 0 Å². The van der Waals surface area contributed by atoms with Gasteiger partial charge in [-0.1, -0.05) is 15.9 Å². The third kappa shape index (κ3) is 1.38. The van der Waals surface area contributed by atoms with Crippen molar-refractivity contribution in [1.82, 2.24) is 9.55 Å². The lowest BCUT2D eigenvalue weighted by molar-refractivity contribution is 0.574. The highest BCUT2D eigenvalue weighted by molar-refractivity contribution is 9.10. The van der Waals surface area contributed by atoms with Gasteiger partial charge in [0, 0.05) is 11.5 Å². The first kappa shape index (κ1) is 9.66. The van der Waals surface area contributed by atoms with Gasteiger partial charge in [0.15, 0.2) is 11.6 Å². The number of aryl methyl sites for hydroxylation is 1. The maximum Gasteiger partial charge on any atom is 0.176 e. The number of imidazole rings is 1. The zero-order chi connectivity index (χ0) is 11.1. The van der Waals surface area contributed by atoms with Crippen LogP contribution in [0, 0.1) is 0 Å². The Hall–Kier alpha value is -1.55. The van der Waals surface area contributed by atoms with Crippen molar-refractivity contribution in [2.24, 2.45) is 7.05 Å². The van der Waals surface area contributed by atoms with E-state index in [2.05, 4.69) is 20.9 Å². The van der Waals surface area contributed by atoms with E-state index in [9.17, 15) is 0 Å². The molecule has 0 atom stereocenters. The van der Waals surface area contributed by atoms with Crippen LogP contribution < -0.4 is 0 Å². The standard InChI is InChI=1S/C12H9BrN2O/c1-15-10-5-4-8(13)7-9(10)14-12(15)11-3-2-6-16-11/h2-7H,1H3. The first-order chi connectivity index (χ1) is 7.75. The first-order valence-electron chi connectivity index (χ1n) is 4.91. The van der Waals surface area contributed by atoms with Crippen molar-refractivity contribution >= 4 is 27.0 Å². The Morgan fingerprint density at radius 3 is 2.94 bits per heavy atom. The van der Waals surface area contributed by atoms with Crippen LogP contribution in [-0.2, 0) is 7.05 Å². The van der Waals surface area contributed by atoms with E-state index in [4.69, 9.17) is 4.42 Å². The van der Waals surface area contributed by atoms with Crippen molar-refractivity contribution in [1.29, 1.82) is 0 Å². The largest absolute Gasteiger partial charge is 0.461 e. The summed E-state index contributed by atoms with van der Waals surface area (Å²) in [5.74, 6) is 1.63. The molecule has 0 unspecified atom stereocenters. The second-order valence-electron chi connectivity index (χ2n) is 3.60. The van der Waals surface area contributed by atoms with Gasteiger partial charge >= 0.3 is 0 Å². The summed E-state index contributed by atoms with van der Waals surface area (Å²) in [7, 11) is 1.99. The predicted octanol–water partition coefficient (Wildman–Crippen LogP) is 3.60. The van der Waals surface area contributed by atoms with Gasteiger partial charge in [0.25, 0.3) is 0 Å². The fourth-order valence-electron chi connectivity index (χ4n) is 1.80. The molecule has 0 saturated carbocycles. The molecule has 0 aliphatic rings. The highest BCUT2D eigenvalue weighted by atomic mass is 79.9. The van der Waals surface area contributed by atoms with E-state index in [1.807, 2.05) is 41.9 Å². The van der Waals surface area contributed by atoms with Crippen molar-refractivity contribution in [3.05, 3.63) is 41.1 Å². The number of furan rings is 1. The molecule has 16 heavy (non-hydrogen) atoms. The van der Waals surface area contributed by atoms with E-state index in [0.29, 0.717) is 0 Å². The summed E-state index contributed by atoms with van der Waals surface area (Å²) in [4.78, 5) is 4.55. The third-order valence-electron chi connectivity index (χ3n) is 2.58. The second-order valence-corrected chi connectivity index (χ2v) is 4.52. The summed E-state index contributed by atoms with van der Waals surface area (Å²) in [6.07, 6.45) is 1.66. The minimum Gasteiger partial charge on any atom is -0.461 e. The summed E-state index contributed by atoms with van der Waals surface area (Å²) in [5, 5.41) is 0. The molecule has 2 aromatic heterocycles. The van der Waals surface area contributed by atoms with E-state index in [1.54, 1.807) is 6.26 Å².